The molecule has 78 valence electrons. The third-order valence-electron chi connectivity index (χ3n) is 3.27. The molecule has 0 aromatic heterocycles. The fourth-order valence-corrected chi connectivity index (χ4v) is 2.48. The molecule has 3 nitrogen and oxygen atoms in total. The number of carbonyl (C=O) groups is 1. The Bertz CT molecular complexity index is 266. The van der Waals surface area contributed by atoms with Crippen LogP contribution in [0, 0.1) is 0 Å². The predicted molar refractivity (Wildman–Crippen MR) is 51.8 cm³/mol. The van der Waals surface area contributed by atoms with Gasteiger partial charge in [-0.25, -0.2) is 4.79 Å². The summed E-state index contributed by atoms with van der Waals surface area (Å²) in [6.07, 6.45) is 5.79. The first-order valence-corrected chi connectivity index (χ1v) is 5.22. The molecular formula is C11H16O3. The smallest absolute Gasteiger partial charge is 0.345 e. The summed E-state index contributed by atoms with van der Waals surface area (Å²) < 4.78 is 10.6. The van der Waals surface area contributed by atoms with E-state index in [0.717, 1.165) is 25.7 Å². The fraction of sp³-hybridized carbons (Fsp3) is 0.727. The highest BCUT2D eigenvalue weighted by molar-refractivity contribution is 5.87. The largest absolute Gasteiger partial charge is 0.464 e. The van der Waals surface area contributed by atoms with E-state index >= 15 is 0 Å². The number of rotatable bonds is 3. The van der Waals surface area contributed by atoms with Crippen LogP contribution in [0.15, 0.2) is 12.7 Å². The molecule has 2 fully saturated rings. The van der Waals surface area contributed by atoms with E-state index in [4.69, 9.17) is 9.47 Å². The molecule has 1 aliphatic carbocycles. The van der Waals surface area contributed by atoms with Crippen molar-refractivity contribution in [3.8, 4) is 0 Å². The van der Waals surface area contributed by atoms with Gasteiger partial charge in [-0.1, -0.05) is 19.4 Å². The maximum Gasteiger partial charge on any atom is 0.345 e. The van der Waals surface area contributed by atoms with E-state index in [1.165, 1.54) is 0 Å². The fourth-order valence-electron chi connectivity index (χ4n) is 2.48. The number of esters is 1. The molecule has 1 spiro atoms. The SMILES string of the molecule is C=CC1(C(=O)OCC)OC12CCCC2. The zero-order valence-corrected chi connectivity index (χ0v) is 8.54. The van der Waals surface area contributed by atoms with E-state index in [2.05, 4.69) is 6.58 Å². The van der Waals surface area contributed by atoms with Crippen LogP contribution in [0.1, 0.15) is 32.6 Å². The van der Waals surface area contributed by atoms with E-state index in [1.54, 1.807) is 13.0 Å². The van der Waals surface area contributed by atoms with Gasteiger partial charge < -0.3 is 9.47 Å². The van der Waals surface area contributed by atoms with Crippen LogP contribution in [0.5, 0.6) is 0 Å². The zero-order chi connectivity index (χ0) is 10.2. The highest BCUT2D eigenvalue weighted by atomic mass is 16.7. The highest BCUT2D eigenvalue weighted by Crippen LogP contribution is 2.59. The minimum absolute atomic E-state index is 0.263. The summed E-state index contributed by atoms with van der Waals surface area (Å²) >= 11 is 0. The Morgan fingerprint density at radius 2 is 2.21 bits per heavy atom. The van der Waals surface area contributed by atoms with Gasteiger partial charge in [0.2, 0.25) is 5.60 Å². The van der Waals surface area contributed by atoms with Gasteiger partial charge in [0, 0.05) is 0 Å². The Labute approximate surface area is 84.1 Å². The van der Waals surface area contributed by atoms with Crippen LogP contribution in [0.2, 0.25) is 0 Å². The molecule has 2 aliphatic rings. The Hall–Kier alpha value is -0.830. The number of hydrogen-bond acceptors (Lipinski definition) is 3. The van der Waals surface area contributed by atoms with Gasteiger partial charge in [-0.05, 0) is 25.8 Å². The summed E-state index contributed by atoms with van der Waals surface area (Å²) in [5, 5.41) is 0. The topological polar surface area (TPSA) is 38.8 Å². The molecular weight excluding hydrogens is 180 g/mol. The van der Waals surface area contributed by atoms with Crippen molar-refractivity contribution in [1.29, 1.82) is 0 Å². The summed E-state index contributed by atoms with van der Waals surface area (Å²) in [6.45, 7) is 5.89. The van der Waals surface area contributed by atoms with Gasteiger partial charge >= 0.3 is 5.97 Å². The van der Waals surface area contributed by atoms with Crippen molar-refractivity contribution < 1.29 is 14.3 Å². The first kappa shape index (κ1) is 9.71. The normalized spacial score (nSPS) is 32.9. The third kappa shape index (κ3) is 1.05. The number of ether oxygens (including phenoxy) is 2. The third-order valence-corrected chi connectivity index (χ3v) is 3.27. The molecule has 0 aromatic carbocycles. The average Bonchev–Trinajstić information content (AvgIpc) is 2.55. The molecule has 0 N–H and O–H groups in total. The van der Waals surface area contributed by atoms with Crippen molar-refractivity contribution in [2.24, 2.45) is 0 Å². The second kappa shape index (κ2) is 3.09. The highest BCUT2D eigenvalue weighted by Gasteiger charge is 2.74. The van der Waals surface area contributed by atoms with Gasteiger partial charge in [-0.3, -0.25) is 0 Å². The summed E-state index contributed by atoms with van der Waals surface area (Å²) in [5.74, 6) is -0.267. The van der Waals surface area contributed by atoms with Crippen molar-refractivity contribution >= 4 is 5.97 Å². The maximum absolute atomic E-state index is 11.7. The van der Waals surface area contributed by atoms with Crippen LogP contribution >= 0.6 is 0 Å². The zero-order valence-electron chi connectivity index (χ0n) is 8.54. The van der Waals surface area contributed by atoms with Crippen LogP contribution in [0.25, 0.3) is 0 Å². The lowest BCUT2D eigenvalue weighted by molar-refractivity contribution is -0.147. The first-order chi connectivity index (χ1) is 6.71. The summed E-state index contributed by atoms with van der Waals surface area (Å²) in [5.41, 5.74) is -1.08. The van der Waals surface area contributed by atoms with Gasteiger partial charge in [0.15, 0.2) is 0 Å². The molecule has 0 aromatic rings. The molecule has 1 saturated carbocycles. The molecule has 1 saturated heterocycles. The molecule has 2 rings (SSSR count). The number of hydrogen-bond donors (Lipinski definition) is 0. The first-order valence-electron chi connectivity index (χ1n) is 5.22. The van der Waals surface area contributed by atoms with Crippen LogP contribution in [0.3, 0.4) is 0 Å². The van der Waals surface area contributed by atoms with Gasteiger partial charge in [-0.2, -0.15) is 0 Å². The average molecular weight is 196 g/mol. The minimum atomic E-state index is -0.820. The van der Waals surface area contributed by atoms with Crippen molar-refractivity contribution in [2.45, 2.75) is 43.8 Å². The minimum Gasteiger partial charge on any atom is -0.464 e. The van der Waals surface area contributed by atoms with E-state index in [1.807, 2.05) is 0 Å². The number of epoxide rings is 1. The monoisotopic (exact) mass is 196 g/mol. The molecule has 0 amide bonds. The lowest BCUT2D eigenvalue weighted by Crippen LogP contribution is -2.32. The molecule has 0 radical (unpaired) electrons. The van der Waals surface area contributed by atoms with Crippen LogP contribution in [0.4, 0.5) is 0 Å². The van der Waals surface area contributed by atoms with Gasteiger partial charge in [0.25, 0.3) is 0 Å². The Morgan fingerprint density at radius 3 is 2.71 bits per heavy atom. The molecule has 0 bridgehead atoms. The Morgan fingerprint density at radius 1 is 1.57 bits per heavy atom. The molecule has 1 unspecified atom stereocenters. The van der Waals surface area contributed by atoms with Crippen LogP contribution in [-0.4, -0.2) is 23.8 Å². The van der Waals surface area contributed by atoms with Gasteiger partial charge in [0.05, 0.1) is 6.61 Å². The predicted octanol–water partition coefficient (Wildman–Crippen LogP) is 1.82. The Balaban J connectivity index is 2.14. The maximum atomic E-state index is 11.7. The molecule has 1 aliphatic heterocycles. The second-order valence-electron chi connectivity index (χ2n) is 3.96. The van der Waals surface area contributed by atoms with E-state index in [-0.39, 0.29) is 11.6 Å². The number of carbonyl (C=O) groups excluding carboxylic acids is 1. The van der Waals surface area contributed by atoms with E-state index in [0.29, 0.717) is 6.61 Å². The lowest BCUT2D eigenvalue weighted by atomic mass is 9.91. The van der Waals surface area contributed by atoms with Gasteiger partial charge in [-0.15, -0.1) is 0 Å². The van der Waals surface area contributed by atoms with Crippen molar-refractivity contribution in [1.82, 2.24) is 0 Å². The summed E-state index contributed by atoms with van der Waals surface area (Å²) in [4.78, 5) is 11.7. The molecule has 1 heterocycles. The quantitative estimate of drug-likeness (QED) is 0.392. The van der Waals surface area contributed by atoms with Crippen molar-refractivity contribution in [3.05, 3.63) is 12.7 Å². The molecule has 14 heavy (non-hydrogen) atoms. The lowest BCUT2D eigenvalue weighted by Gasteiger charge is -2.10. The standard InChI is InChI=1S/C11H16O3/c1-3-11(9(12)13-4-2)10(14-11)7-5-6-8-10/h3H,1,4-8H2,2H3. The Kier molecular flexibility index (Phi) is 2.14. The van der Waals surface area contributed by atoms with Crippen molar-refractivity contribution in [3.63, 3.8) is 0 Å². The molecule has 3 heteroatoms. The second-order valence-corrected chi connectivity index (χ2v) is 3.96. The van der Waals surface area contributed by atoms with Crippen LogP contribution in [-0.2, 0) is 14.3 Å². The summed E-state index contributed by atoms with van der Waals surface area (Å²) in [6, 6.07) is 0. The van der Waals surface area contributed by atoms with E-state index < -0.39 is 5.60 Å². The molecule has 1 atom stereocenters. The van der Waals surface area contributed by atoms with Crippen molar-refractivity contribution in [2.75, 3.05) is 6.61 Å². The summed E-state index contributed by atoms with van der Waals surface area (Å²) in [7, 11) is 0. The van der Waals surface area contributed by atoms with Crippen LogP contribution < -0.4 is 0 Å². The van der Waals surface area contributed by atoms with Gasteiger partial charge in [0.1, 0.15) is 5.60 Å². The van der Waals surface area contributed by atoms with E-state index in [9.17, 15) is 4.79 Å².